The minimum Gasteiger partial charge on any atom is -0.374 e. The van der Waals surface area contributed by atoms with Gasteiger partial charge in [-0.1, -0.05) is 84.9 Å². The minimum absolute atomic E-state index is 0.651. The van der Waals surface area contributed by atoms with E-state index in [1.807, 2.05) is 91.0 Å². The van der Waals surface area contributed by atoms with Crippen LogP contribution in [0.2, 0.25) is 0 Å². The Kier molecular flexibility index (Phi) is 3.60. The van der Waals surface area contributed by atoms with Gasteiger partial charge in [-0.3, -0.25) is 4.98 Å². The maximum atomic E-state index is 11.9. The zero-order valence-electron chi connectivity index (χ0n) is 13.1. The van der Waals surface area contributed by atoms with Crippen LogP contribution in [0.1, 0.15) is 16.8 Å². The van der Waals surface area contributed by atoms with Gasteiger partial charge in [0.2, 0.25) is 0 Å². The predicted molar refractivity (Wildman–Crippen MR) is 96.7 cm³/mol. The van der Waals surface area contributed by atoms with Crippen LogP contribution in [0.15, 0.2) is 97.2 Å². The number of nitrogens with zero attached hydrogens (tertiary/aromatic N) is 1. The molecule has 1 heterocycles. The van der Waals surface area contributed by atoms with Crippen molar-refractivity contribution in [2.75, 3.05) is 0 Å². The van der Waals surface area contributed by atoms with Crippen molar-refractivity contribution < 1.29 is 5.11 Å². The molecule has 0 aliphatic carbocycles. The van der Waals surface area contributed by atoms with Gasteiger partial charge in [-0.2, -0.15) is 0 Å². The van der Waals surface area contributed by atoms with Crippen molar-refractivity contribution in [3.63, 3.8) is 0 Å². The van der Waals surface area contributed by atoms with Gasteiger partial charge in [0.1, 0.15) is 0 Å². The molecule has 0 unspecified atom stereocenters. The first-order chi connectivity index (χ1) is 11.8. The monoisotopic (exact) mass is 311 g/mol. The number of hydrogen-bond acceptors (Lipinski definition) is 2. The summed E-state index contributed by atoms with van der Waals surface area (Å²) in [5, 5.41) is 13.9. The molecule has 0 amide bonds. The van der Waals surface area contributed by atoms with Crippen LogP contribution in [0.4, 0.5) is 0 Å². The molecular formula is C22H17NO. The highest BCUT2D eigenvalue weighted by Crippen LogP contribution is 2.38. The average molecular weight is 311 g/mol. The van der Waals surface area contributed by atoms with Gasteiger partial charge in [0.25, 0.3) is 0 Å². The van der Waals surface area contributed by atoms with E-state index in [4.69, 9.17) is 0 Å². The summed E-state index contributed by atoms with van der Waals surface area (Å²) in [6.45, 7) is 0. The number of hydrogen-bond donors (Lipinski definition) is 1. The number of rotatable bonds is 3. The van der Waals surface area contributed by atoms with Crippen molar-refractivity contribution in [3.05, 3.63) is 114 Å². The number of benzene rings is 3. The zero-order chi connectivity index (χ0) is 16.4. The topological polar surface area (TPSA) is 33.1 Å². The molecule has 2 heteroatoms. The Morgan fingerprint density at radius 1 is 0.625 bits per heavy atom. The van der Waals surface area contributed by atoms with Gasteiger partial charge in [0.05, 0.1) is 5.69 Å². The van der Waals surface area contributed by atoms with Crippen molar-refractivity contribution in [1.29, 1.82) is 0 Å². The second kappa shape index (κ2) is 5.91. The quantitative estimate of drug-likeness (QED) is 0.603. The molecule has 1 N–H and O–H groups in total. The second-order valence-corrected chi connectivity index (χ2v) is 5.82. The van der Waals surface area contributed by atoms with E-state index in [1.165, 1.54) is 0 Å². The first kappa shape index (κ1) is 14.6. The Morgan fingerprint density at radius 2 is 1.17 bits per heavy atom. The Balaban J connectivity index is 2.07. The van der Waals surface area contributed by atoms with E-state index in [1.54, 1.807) is 6.20 Å². The minimum atomic E-state index is -1.30. The lowest BCUT2D eigenvalue weighted by Gasteiger charge is -2.30. The van der Waals surface area contributed by atoms with Crippen molar-refractivity contribution in [2.45, 2.75) is 5.60 Å². The largest absolute Gasteiger partial charge is 0.374 e. The van der Waals surface area contributed by atoms with Crippen molar-refractivity contribution >= 4 is 10.8 Å². The number of fused-ring (bicyclic) bond motifs is 1. The summed E-state index contributed by atoms with van der Waals surface area (Å²) >= 11 is 0. The summed E-state index contributed by atoms with van der Waals surface area (Å²) in [6.07, 6.45) is 1.76. The van der Waals surface area contributed by atoms with Crippen LogP contribution in [-0.2, 0) is 5.60 Å². The first-order valence-corrected chi connectivity index (χ1v) is 7.98. The number of pyridine rings is 1. The molecule has 0 radical (unpaired) electrons. The fourth-order valence-electron chi connectivity index (χ4n) is 3.21. The zero-order valence-corrected chi connectivity index (χ0v) is 13.1. The fraction of sp³-hybridized carbons (Fsp3) is 0.0455. The lowest BCUT2D eigenvalue weighted by Crippen LogP contribution is -2.30. The molecular weight excluding hydrogens is 294 g/mol. The Bertz CT molecular complexity index is 920. The van der Waals surface area contributed by atoms with Gasteiger partial charge in [0, 0.05) is 11.6 Å². The van der Waals surface area contributed by atoms with Crippen molar-refractivity contribution in [2.24, 2.45) is 0 Å². The van der Waals surface area contributed by atoms with Crippen LogP contribution < -0.4 is 0 Å². The van der Waals surface area contributed by atoms with E-state index in [0.717, 1.165) is 21.9 Å². The molecule has 3 aromatic carbocycles. The highest BCUT2D eigenvalue weighted by atomic mass is 16.3. The summed E-state index contributed by atoms with van der Waals surface area (Å²) < 4.78 is 0. The second-order valence-electron chi connectivity index (χ2n) is 5.82. The third-order valence-electron chi connectivity index (χ3n) is 4.40. The maximum Gasteiger partial charge on any atom is 0.157 e. The van der Waals surface area contributed by atoms with E-state index in [0.29, 0.717) is 5.69 Å². The van der Waals surface area contributed by atoms with Crippen molar-refractivity contribution in [3.8, 4) is 0 Å². The van der Waals surface area contributed by atoms with Gasteiger partial charge >= 0.3 is 0 Å². The van der Waals surface area contributed by atoms with Crippen LogP contribution in [0.5, 0.6) is 0 Å². The molecule has 0 saturated heterocycles. The number of aromatic nitrogens is 1. The van der Waals surface area contributed by atoms with Gasteiger partial charge in [-0.15, -0.1) is 0 Å². The molecule has 0 aliphatic heterocycles. The maximum absolute atomic E-state index is 11.9. The lowest BCUT2D eigenvalue weighted by atomic mass is 9.81. The highest BCUT2D eigenvalue weighted by molar-refractivity contribution is 5.86. The van der Waals surface area contributed by atoms with E-state index in [-0.39, 0.29) is 0 Å². The van der Waals surface area contributed by atoms with E-state index >= 15 is 0 Å². The molecule has 0 atom stereocenters. The molecule has 0 bridgehead atoms. The van der Waals surface area contributed by atoms with Crippen LogP contribution in [-0.4, -0.2) is 10.1 Å². The summed E-state index contributed by atoms with van der Waals surface area (Å²) in [7, 11) is 0. The van der Waals surface area contributed by atoms with Crippen LogP contribution >= 0.6 is 0 Å². The smallest absolute Gasteiger partial charge is 0.157 e. The molecule has 0 aliphatic rings. The van der Waals surface area contributed by atoms with Gasteiger partial charge in [0.15, 0.2) is 5.60 Å². The predicted octanol–water partition coefficient (Wildman–Crippen LogP) is 4.52. The standard InChI is InChI=1S/C22H17NO/c24-22(18-10-3-1-4-11-18,19-12-5-2-6-13-19)21-20-14-8-7-9-17(20)15-16-23-21/h1-16,24H. The van der Waals surface area contributed by atoms with Crippen molar-refractivity contribution in [1.82, 2.24) is 4.98 Å². The lowest BCUT2D eigenvalue weighted by molar-refractivity contribution is 0.122. The number of aliphatic hydroxyl groups is 1. The average Bonchev–Trinajstić information content (AvgIpc) is 2.68. The SMILES string of the molecule is OC(c1ccccc1)(c1ccccc1)c1nccc2ccccc12. The molecule has 4 aromatic rings. The summed E-state index contributed by atoms with van der Waals surface area (Å²) in [5.74, 6) is 0. The molecule has 1 aromatic heterocycles. The van der Waals surface area contributed by atoms with Crippen LogP contribution in [0.3, 0.4) is 0 Å². The molecule has 116 valence electrons. The normalized spacial score (nSPS) is 11.5. The Morgan fingerprint density at radius 3 is 1.79 bits per heavy atom. The van der Waals surface area contributed by atoms with Gasteiger partial charge in [-0.25, -0.2) is 0 Å². The van der Waals surface area contributed by atoms with Gasteiger partial charge in [-0.05, 0) is 22.6 Å². The summed E-state index contributed by atoms with van der Waals surface area (Å²) in [4.78, 5) is 4.58. The summed E-state index contributed by atoms with van der Waals surface area (Å²) in [6, 6.07) is 29.4. The highest BCUT2D eigenvalue weighted by Gasteiger charge is 2.36. The Labute approximate surface area is 141 Å². The first-order valence-electron chi connectivity index (χ1n) is 7.98. The molecule has 0 fully saturated rings. The van der Waals surface area contributed by atoms with E-state index < -0.39 is 5.60 Å². The molecule has 0 saturated carbocycles. The van der Waals surface area contributed by atoms with Gasteiger partial charge < -0.3 is 5.11 Å². The molecule has 4 rings (SSSR count). The van der Waals surface area contributed by atoms with E-state index in [2.05, 4.69) is 4.98 Å². The molecule has 0 spiro atoms. The third-order valence-corrected chi connectivity index (χ3v) is 4.40. The molecule has 24 heavy (non-hydrogen) atoms. The Hall–Kier alpha value is -2.97. The van der Waals surface area contributed by atoms with Crippen LogP contribution in [0.25, 0.3) is 10.8 Å². The summed E-state index contributed by atoms with van der Waals surface area (Å²) in [5.41, 5.74) is 0.960. The van der Waals surface area contributed by atoms with Crippen LogP contribution in [0, 0.1) is 0 Å². The van der Waals surface area contributed by atoms with E-state index in [9.17, 15) is 5.11 Å². The third kappa shape index (κ3) is 2.29. The fourth-order valence-corrected chi connectivity index (χ4v) is 3.21. The molecule has 2 nitrogen and oxygen atoms in total.